The predicted molar refractivity (Wildman–Crippen MR) is 107 cm³/mol. The van der Waals surface area contributed by atoms with Gasteiger partial charge in [0.05, 0.1) is 7.11 Å². The van der Waals surface area contributed by atoms with Crippen LogP contribution in [0.25, 0.3) is 0 Å². The molecule has 1 amide bonds. The Balaban J connectivity index is 2.16. The first-order chi connectivity index (χ1) is 12.7. The summed E-state index contributed by atoms with van der Waals surface area (Å²) in [7, 11) is -2.33. The van der Waals surface area contributed by atoms with Gasteiger partial charge in [-0.3, -0.25) is 4.79 Å². The van der Waals surface area contributed by atoms with Crippen molar-refractivity contribution in [3.8, 4) is 5.75 Å². The van der Waals surface area contributed by atoms with Crippen LogP contribution in [0, 0.1) is 20.8 Å². The SMILES string of the molecule is COc1ccc(C)cc1S(=O)(=O)NCCN(C(C)=O)c1ccc(C)c(C)c1. The second-order valence-electron chi connectivity index (χ2n) is 6.49. The summed E-state index contributed by atoms with van der Waals surface area (Å²) >= 11 is 0. The van der Waals surface area contributed by atoms with Gasteiger partial charge in [0.1, 0.15) is 10.6 Å². The normalized spacial score (nSPS) is 11.3. The predicted octanol–water partition coefficient (Wildman–Crippen LogP) is 2.95. The Morgan fingerprint density at radius 1 is 1.07 bits per heavy atom. The molecule has 27 heavy (non-hydrogen) atoms. The van der Waals surface area contributed by atoms with Gasteiger partial charge in [-0.15, -0.1) is 0 Å². The van der Waals surface area contributed by atoms with Crippen LogP contribution in [0.5, 0.6) is 5.75 Å². The zero-order valence-electron chi connectivity index (χ0n) is 16.4. The van der Waals surface area contributed by atoms with Crippen LogP contribution in [0.1, 0.15) is 23.6 Å². The number of aryl methyl sites for hydroxylation is 3. The third-order valence-electron chi connectivity index (χ3n) is 4.42. The summed E-state index contributed by atoms with van der Waals surface area (Å²) in [6.07, 6.45) is 0. The molecule has 0 radical (unpaired) electrons. The molecule has 2 rings (SSSR count). The maximum Gasteiger partial charge on any atom is 0.244 e. The van der Waals surface area contributed by atoms with Crippen LogP contribution in [0.15, 0.2) is 41.3 Å². The van der Waals surface area contributed by atoms with E-state index in [1.807, 2.05) is 39.0 Å². The second-order valence-corrected chi connectivity index (χ2v) is 8.23. The van der Waals surface area contributed by atoms with Crippen molar-refractivity contribution < 1.29 is 17.9 Å². The number of rotatable bonds is 7. The molecule has 0 aliphatic rings. The standard InChI is InChI=1S/C20H26N2O4S/c1-14-6-9-19(26-5)20(12-14)27(24,25)21-10-11-22(17(4)23)18-8-7-15(2)16(3)13-18/h6-9,12-13,21H,10-11H2,1-5H3. The molecule has 0 saturated heterocycles. The Hall–Kier alpha value is -2.38. The second kappa shape index (κ2) is 8.54. The van der Waals surface area contributed by atoms with Crippen LogP contribution in [-0.2, 0) is 14.8 Å². The van der Waals surface area contributed by atoms with Gasteiger partial charge in [0.2, 0.25) is 15.9 Å². The molecule has 0 saturated carbocycles. The highest BCUT2D eigenvalue weighted by molar-refractivity contribution is 7.89. The topological polar surface area (TPSA) is 75.7 Å². The molecule has 0 fully saturated rings. The molecule has 0 aliphatic carbocycles. The van der Waals surface area contributed by atoms with Gasteiger partial charge in [0.25, 0.3) is 0 Å². The summed E-state index contributed by atoms with van der Waals surface area (Å²) in [6.45, 7) is 7.57. The molecule has 2 aromatic carbocycles. The number of nitrogens with zero attached hydrogens (tertiary/aromatic N) is 1. The van der Waals surface area contributed by atoms with Crippen LogP contribution in [-0.4, -0.2) is 34.5 Å². The fraction of sp³-hybridized carbons (Fsp3) is 0.350. The van der Waals surface area contributed by atoms with E-state index in [4.69, 9.17) is 4.74 Å². The maximum absolute atomic E-state index is 12.7. The van der Waals surface area contributed by atoms with Crippen LogP contribution in [0.4, 0.5) is 5.69 Å². The molecule has 0 spiro atoms. The smallest absolute Gasteiger partial charge is 0.244 e. The Labute approximate surface area is 161 Å². The number of nitrogens with one attached hydrogen (secondary N) is 1. The molecule has 146 valence electrons. The van der Waals surface area contributed by atoms with E-state index in [1.54, 1.807) is 23.1 Å². The lowest BCUT2D eigenvalue weighted by molar-refractivity contribution is -0.116. The fourth-order valence-electron chi connectivity index (χ4n) is 2.73. The molecule has 0 bridgehead atoms. The molecule has 6 nitrogen and oxygen atoms in total. The fourth-order valence-corrected chi connectivity index (χ4v) is 4.00. The number of ether oxygens (including phenoxy) is 1. The van der Waals surface area contributed by atoms with Crippen molar-refractivity contribution in [2.45, 2.75) is 32.6 Å². The first kappa shape index (κ1) is 20.9. The lowest BCUT2D eigenvalue weighted by Crippen LogP contribution is -2.37. The largest absolute Gasteiger partial charge is 0.495 e. The van der Waals surface area contributed by atoms with E-state index in [0.717, 1.165) is 22.4 Å². The van der Waals surface area contributed by atoms with Gasteiger partial charge < -0.3 is 9.64 Å². The van der Waals surface area contributed by atoms with Crippen molar-refractivity contribution in [1.29, 1.82) is 0 Å². The van der Waals surface area contributed by atoms with Gasteiger partial charge in [-0.2, -0.15) is 0 Å². The highest BCUT2D eigenvalue weighted by Crippen LogP contribution is 2.24. The quantitative estimate of drug-likeness (QED) is 0.789. The summed E-state index contributed by atoms with van der Waals surface area (Å²) in [5.74, 6) is 0.135. The minimum atomic E-state index is -3.76. The van der Waals surface area contributed by atoms with E-state index in [1.165, 1.54) is 14.0 Å². The maximum atomic E-state index is 12.7. The van der Waals surface area contributed by atoms with E-state index >= 15 is 0 Å². The van der Waals surface area contributed by atoms with Gasteiger partial charge in [0.15, 0.2) is 0 Å². The van der Waals surface area contributed by atoms with Crippen molar-refractivity contribution in [3.63, 3.8) is 0 Å². The summed E-state index contributed by atoms with van der Waals surface area (Å²) in [4.78, 5) is 13.7. The monoisotopic (exact) mass is 390 g/mol. The minimum absolute atomic E-state index is 0.0885. The van der Waals surface area contributed by atoms with E-state index in [9.17, 15) is 13.2 Å². The molecular formula is C20H26N2O4S. The average Bonchev–Trinajstić information content (AvgIpc) is 2.61. The number of hydrogen-bond donors (Lipinski definition) is 1. The van der Waals surface area contributed by atoms with Gasteiger partial charge in [-0.25, -0.2) is 13.1 Å². The van der Waals surface area contributed by atoms with Gasteiger partial charge in [0, 0.05) is 25.7 Å². The lowest BCUT2D eigenvalue weighted by Gasteiger charge is -2.22. The van der Waals surface area contributed by atoms with Crippen LogP contribution in [0.2, 0.25) is 0 Å². The Morgan fingerprint density at radius 3 is 2.37 bits per heavy atom. The molecule has 0 aromatic heterocycles. The highest BCUT2D eigenvalue weighted by atomic mass is 32.2. The molecule has 1 N–H and O–H groups in total. The van der Waals surface area contributed by atoms with Gasteiger partial charge in [-0.1, -0.05) is 12.1 Å². The number of anilines is 1. The first-order valence-corrected chi connectivity index (χ1v) is 10.1. The Kier molecular flexibility index (Phi) is 6.62. The zero-order valence-corrected chi connectivity index (χ0v) is 17.2. The summed E-state index contributed by atoms with van der Waals surface area (Å²) in [5.41, 5.74) is 3.77. The Bertz CT molecular complexity index is 939. The van der Waals surface area contributed by atoms with Gasteiger partial charge in [-0.05, 0) is 61.7 Å². The lowest BCUT2D eigenvalue weighted by atomic mass is 10.1. The van der Waals surface area contributed by atoms with Crippen LogP contribution in [0.3, 0.4) is 0 Å². The van der Waals surface area contributed by atoms with E-state index in [-0.39, 0.29) is 29.6 Å². The third-order valence-corrected chi connectivity index (χ3v) is 5.90. The molecule has 0 aliphatic heterocycles. The van der Waals surface area contributed by atoms with Crippen molar-refractivity contribution in [2.24, 2.45) is 0 Å². The van der Waals surface area contributed by atoms with E-state index < -0.39 is 10.0 Å². The number of hydrogen-bond acceptors (Lipinski definition) is 4. The number of methoxy groups -OCH3 is 1. The van der Waals surface area contributed by atoms with Crippen LogP contribution < -0.4 is 14.4 Å². The number of carbonyl (C=O) groups is 1. The minimum Gasteiger partial charge on any atom is -0.495 e. The zero-order chi connectivity index (χ0) is 20.2. The van der Waals surface area contributed by atoms with E-state index in [2.05, 4.69) is 4.72 Å². The van der Waals surface area contributed by atoms with Crippen molar-refractivity contribution >= 4 is 21.6 Å². The molecular weight excluding hydrogens is 364 g/mol. The molecule has 0 atom stereocenters. The molecule has 7 heteroatoms. The number of carbonyl (C=O) groups excluding carboxylic acids is 1. The first-order valence-electron chi connectivity index (χ1n) is 8.65. The van der Waals surface area contributed by atoms with Crippen molar-refractivity contribution in [1.82, 2.24) is 4.72 Å². The molecule has 0 heterocycles. The van der Waals surface area contributed by atoms with E-state index in [0.29, 0.717) is 0 Å². The molecule has 0 unspecified atom stereocenters. The number of amides is 1. The summed E-state index contributed by atoms with van der Waals surface area (Å²) in [5, 5.41) is 0. The number of benzene rings is 2. The van der Waals surface area contributed by atoms with Crippen molar-refractivity contribution in [3.05, 3.63) is 53.1 Å². The summed E-state index contributed by atoms with van der Waals surface area (Å²) in [6, 6.07) is 10.7. The van der Waals surface area contributed by atoms with Gasteiger partial charge >= 0.3 is 0 Å². The van der Waals surface area contributed by atoms with Crippen molar-refractivity contribution in [2.75, 3.05) is 25.1 Å². The average molecular weight is 391 g/mol. The number of sulfonamides is 1. The summed E-state index contributed by atoms with van der Waals surface area (Å²) < 4.78 is 33.0. The molecule has 2 aromatic rings. The Morgan fingerprint density at radius 2 is 1.78 bits per heavy atom. The van der Waals surface area contributed by atoms with Crippen LogP contribution >= 0.6 is 0 Å². The third kappa shape index (κ3) is 5.08. The highest BCUT2D eigenvalue weighted by Gasteiger charge is 2.20.